The molecule has 3 nitrogen and oxygen atoms in total. The van der Waals surface area contributed by atoms with Gasteiger partial charge < -0.3 is 11.1 Å². The predicted molar refractivity (Wildman–Crippen MR) is 61.0 cm³/mol. The van der Waals surface area contributed by atoms with E-state index in [0.717, 1.165) is 12.1 Å². The molecule has 0 spiro atoms. The topological polar surface area (TPSA) is 55.1 Å². The van der Waals surface area contributed by atoms with Crippen molar-refractivity contribution in [2.45, 2.75) is 19.4 Å². The van der Waals surface area contributed by atoms with Gasteiger partial charge in [-0.3, -0.25) is 4.79 Å². The van der Waals surface area contributed by atoms with Crippen LogP contribution in [-0.2, 0) is 4.79 Å². The van der Waals surface area contributed by atoms with Crippen molar-refractivity contribution in [3.05, 3.63) is 28.2 Å². The van der Waals surface area contributed by atoms with Crippen LogP contribution in [0.25, 0.3) is 0 Å². The summed E-state index contributed by atoms with van der Waals surface area (Å²) in [5.41, 5.74) is 4.95. The normalized spacial score (nSPS) is 12.3. The number of nitrogens with one attached hydrogen (secondary N) is 1. The molecule has 0 bridgehead atoms. The highest BCUT2D eigenvalue weighted by atomic mass is 79.9. The Balaban J connectivity index is 2.93. The molecule has 0 aliphatic heterocycles. The number of rotatable bonds is 3. The van der Waals surface area contributed by atoms with Crippen LogP contribution in [0.4, 0.5) is 14.5 Å². The molecule has 0 radical (unpaired) electrons. The molecule has 88 valence electrons. The number of halogens is 3. The van der Waals surface area contributed by atoms with Gasteiger partial charge in [-0.15, -0.1) is 0 Å². The Morgan fingerprint density at radius 1 is 1.50 bits per heavy atom. The lowest BCUT2D eigenvalue weighted by atomic mass is 10.2. The average Bonchev–Trinajstić information content (AvgIpc) is 2.21. The lowest BCUT2D eigenvalue weighted by Gasteiger charge is -2.11. The predicted octanol–water partition coefficient (Wildman–Crippen LogP) is 2.40. The van der Waals surface area contributed by atoms with E-state index in [4.69, 9.17) is 5.73 Å². The third-order valence-corrected chi connectivity index (χ3v) is 2.49. The molecule has 1 rings (SSSR count). The summed E-state index contributed by atoms with van der Waals surface area (Å²) in [5.74, 6) is -2.30. The van der Waals surface area contributed by atoms with E-state index in [0.29, 0.717) is 6.42 Å². The quantitative estimate of drug-likeness (QED) is 0.899. The van der Waals surface area contributed by atoms with Gasteiger partial charge in [0.2, 0.25) is 5.91 Å². The third-order valence-electron chi connectivity index (χ3n) is 2.03. The Labute approximate surface area is 100 Å². The Kier molecular flexibility index (Phi) is 4.37. The summed E-state index contributed by atoms with van der Waals surface area (Å²) < 4.78 is 26.9. The van der Waals surface area contributed by atoms with Crippen molar-refractivity contribution in [3.63, 3.8) is 0 Å². The number of hydrogen-bond acceptors (Lipinski definition) is 2. The summed E-state index contributed by atoms with van der Waals surface area (Å²) in [6.07, 6.45) is 0.394. The van der Waals surface area contributed by atoms with Crippen LogP contribution in [0.2, 0.25) is 0 Å². The average molecular weight is 293 g/mol. The molecule has 0 unspecified atom stereocenters. The fourth-order valence-electron chi connectivity index (χ4n) is 1.06. The number of carbonyl (C=O) groups is 1. The van der Waals surface area contributed by atoms with Crippen LogP contribution in [0.15, 0.2) is 16.6 Å². The van der Waals surface area contributed by atoms with Crippen molar-refractivity contribution in [2.24, 2.45) is 5.73 Å². The molecular formula is C10H11BrF2N2O. The fraction of sp³-hybridized carbons (Fsp3) is 0.300. The van der Waals surface area contributed by atoms with E-state index in [-0.39, 0.29) is 4.47 Å². The Bertz CT molecular complexity index is 389. The number of anilines is 1. The van der Waals surface area contributed by atoms with E-state index in [1.165, 1.54) is 0 Å². The van der Waals surface area contributed by atoms with Crippen molar-refractivity contribution in [1.82, 2.24) is 0 Å². The summed E-state index contributed by atoms with van der Waals surface area (Å²) >= 11 is 2.94. The Hall–Kier alpha value is -1.01. The maximum absolute atomic E-state index is 13.3. The van der Waals surface area contributed by atoms with Crippen LogP contribution in [0.5, 0.6) is 0 Å². The minimum Gasteiger partial charge on any atom is -0.320 e. The molecule has 1 atom stereocenters. The highest BCUT2D eigenvalue weighted by Crippen LogP contribution is 2.23. The van der Waals surface area contributed by atoms with Crippen molar-refractivity contribution in [2.75, 3.05) is 5.32 Å². The standard InChI is InChI=1S/C10H11BrF2N2O/c1-2-8(14)10(16)15-9-6(12)3-5(11)4-7(9)13/h3-4,8H,2,14H2,1H3,(H,15,16)/t8-/m0/s1. The highest BCUT2D eigenvalue weighted by Gasteiger charge is 2.17. The number of benzene rings is 1. The van der Waals surface area contributed by atoms with Crippen LogP contribution in [0.1, 0.15) is 13.3 Å². The lowest BCUT2D eigenvalue weighted by molar-refractivity contribution is -0.117. The molecule has 0 aromatic heterocycles. The maximum Gasteiger partial charge on any atom is 0.241 e. The third kappa shape index (κ3) is 2.99. The van der Waals surface area contributed by atoms with Crippen molar-refractivity contribution >= 4 is 27.5 Å². The first kappa shape index (κ1) is 13.1. The Morgan fingerprint density at radius 3 is 2.44 bits per heavy atom. The molecule has 1 aromatic rings. The number of amides is 1. The van der Waals surface area contributed by atoms with Crippen molar-refractivity contribution in [1.29, 1.82) is 0 Å². The largest absolute Gasteiger partial charge is 0.320 e. The van der Waals surface area contributed by atoms with Gasteiger partial charge in [0.15, 0.2) is 11.6 Å². The number of hydrogen-bond donors (Lipinski definition) is 2. The monoisotopic (exact) mass is 292 g/mol. The molecule has 3 N–H and O–H groups in total. The zero-order valence-corrected chi connectivity index (χ0v) is 10.1. The van der Waals surface area contributed by atoms with E-state index in [1.54, 1.807) is 6.92 Å². The summed E-state index contributed by atoms with van der Waals surface area (Å²) in [4.78, 5) is 11.4. The first-order valence-corrected chi connectivity index (χ1v) is 5.46. The van der Waals surface area contributed by atoms with Gasteiger partial charge in [-0.05, 0) is 18.6 Å². The molecule has 0 aliphatic rings. The summed E-state index contributed by atoms with van der Waals surface area (Å²) in [5, 5.41) is 2.12. The summed E-state index contributed by atoms with van der Waals surface area (Å²) in [6, 6.07) is 1.36. The van der Waals surface area contributed by atoms with Crippen LogP contribution < -0.4 is 11.1 Å². The van der Waals surface area contributed by atoms with Crippen LogP contribution in [0, 0.1) is 11.6 Å². The molecule has 1 amide bonds. The van der Waals surface area contributed by atoms with Gasteiger partial charge in [-0.25, -0.2) is 8.78 Å². The molecule has 0 aliphatic carbocycles. The van der Waals surface area contributed by atoms with E-state index < -0.39 is 29.3 Å². The molecular weight excluding hydrogens is 282 g/mol. The smallest absolute Gasteiger partial charge is 0.241 e. The van der Waals surface area contributed by atoms with Gasteiger partial charge >= 0.3 is 0 Å². The van der Waals surface area contributed by atoms with Gasteiger partial charge in [-0.2, -0.15) is 0 Å². The van der Waals surface area contributed by atoms with E-state index in [9.17, 15) is 13.6 Å². The van der Waals surface area contributed by atoms with Crippen LogP contribution in [-0.4, -0.2) is 11.9 Å². The zero-order valence-electron chi connectivity index (χ0n) is 8.56. The Morgan fingerprint density at radius 2 is 2.00 bits per heavy atom. The maximum atomic E-state index is 13.3. The van der Waals surface area contributed by atoms with E-state index >= 15 is 0 Å². The molecule has 1 aromatic carbocycles. The first-order chi connectivity index (χ1) is 7.45. The molecule has 16 heavy (non-hydrogen) atoms. The van der Waals surface area contributed by atoms with Gasteiger partial charge in [0.1, 0.15) is 5.69 Å². The molecule has 0 saturated carbocycles. The highest BCUT2D eigenvalue weighted by molar-refractivity contribution is 9.10. The molecule has 6 heteroatoms. The van der Waals surface area contributed by atoms with Gasteiger partial charge in [0.25, 0.3) is 0 Å². The second kappa shape index (κ2) is 5.36. The lowest BCUT2D eigenvalue weighted by Crippen LogP contribution is -2.35. The summed E-state index contributed by atoms with van der Waals surface area (Å²) in [7, 11) is 0. The second-order valence-electron chi connectivity index (χ2n) is 3.25. The van der Waals surface area contributed by atoms with Crippen LogP contribution >= 0.6 is 15.9 Å². The molecule has 0 heterocycles. The molecule has 0 saturated heterocycles. The second-order valence-corrected chi connectivity index (χ2v) is 4.16. The van der Waals surface area contributed by atoms with E-state index in [1.807, 2.05) is 0 Å². The van der Waals surface area contributed by atoms with Gasteiger partial charge in [0, 0.05) is 4.47 Å². The van der Waals surface area contributed by atoms with Crippen LogP contribution in [0.3, 0.4) is 0 Å². The summed E-state index contributed by atoms with van der Waals surface area (Å²) in [6.45, 7) is 1.71. The van der Waals surface area contributed by atoms with E-state index in [2.05, 4.69) is 21.2 Å². The fourth-order valence-corrected chi connectivity index (χ4v) is 1.46. The zero-order chi connectivity index (χ0) is 12.3. The van der Waals surface area contributed by atoms with Gasteiger partial charge in [0.05, 0.1) is 6.04 Å². The number of carbonyl (C=O) groups excluding carboxylic acids is 1. The van der Waals surface area contributed by atoms with Gasteiger partial charge in [-0.1, -0.05) is 22.9 Å². The van der Waals surface area contributed by atoms with Crippen molar-refractivity contribution < 1.29 is 13.6 Å². The van der Waals surface area contributed by atoms with Crippen molar-refractivity contribution in [3.8, 4) is 0 Å². The first-order valence-electron chi connectivity index (χ1n) is 4.66. The minimum absolute atomic E-state index is 0.264. The SMILES string of the molecule is CC[C@H](N)C(=O)Nc1c(F)cc(Br)cc1F. The number of nitrogens with two attached hydrogens (primary N) is 1. The minimum atomic E-state index is -0.844. The molecule has 0 fully saturated rings.